The highest BCUT2D eigenvalue weighted by atomic mass is 16.5. The maximum Gasteiger partial charge on any atom is 0.326 e. The number of anilines is 2. The average molecular weight is 447 g/mol. The summed E-state index contributed by atoms with van der Waals surface area (Å²) in [4.78, 5) is 35.8. The molecule has 3 rings (SSSR count). The molecule has 0 radical (unpaired) electrons. The zero-order valence-corrected chi connectivity index (χ0v) is 17.8. The smallest absolute Gasteiger partial charge is 0.326 e. The minimum atomic E-state index is -1.14. The first-order valence-corrected chi connectivity index (χ1v) is 9.96. The third-order valence-corrected chi connectivity index (χ3v) is 4.69. The fourth-order valence-electron chi connectivity index (χ4n) is 2.94. The summed E-state index contributed by atoms with van der Waals surface area (Å²) >= 11 is 0. The molecule has 10 nitrogen and oxygen atoms in total. The van der Waals surface area contributed by atoms with Gasteiger partial charge in [-0.25, -0.2) is 9.59 Å². The van der Waals surface area contributed by atoms with E-state index in [0.717, 1.165) is 0 Å². The highest BCUT2D eigenvalue weighted by Crippen LogP contribution is 2.22. The van der Waals surface area contributed by atoms with E-state index in [9.17, 15) is 19.5 Å². The fraction of sp³-hybridized carbons (Fsp3) is 0.174. The molecule has 0 aliphatic carbocycles. The van der Waals surface area contributed by atoms with E-state index in [2.05, 4.69) is 21.1 Å². The number of carbonyl (C=O) groups excluding carboxylic acids is 2. The second kappa shape index (κ2) is 10.1. The van der Waals surface area contributed by atoms with Crippen molar-refractivity contribution in [1.29, 1.82) is 5.26 Å². The third kappa shape index (κ3) is 5.74. The number of hydrogen-bond donors (Lipinski definition) is 4. The van der Waals surface area contributed by atoms with E-state index in [0.29, 0.717) is 28.2 Å². The van der Waals surface area contributed by atoms with E-state index >= 15 is 0 Å². The molecule has 10 heteroatoms. The predicted molar refractivity (Wildman–Crippen MR) is 119 cm³/mol. The number of rotatable bonds is 7. The summed E-state index contributed by atoms with van der Waals surface area (Å²) in [6, 6.07) is 15.1. The second-order valence-corrected chi connectivity index (χ2v) is 7.42. The van der Waals surface area contributed by atoms with Gasteiger partial charge < -0.3 is 25.6 Å². The van der Waals surface area contributed by atoms with Crippen molar-refractivity contribution in [1.82, 2.24) is 10.5 Å². The number of nitrogens with zero attached hydrogens (tertiary/aromatic N) is 2. The number of aliphatic carboxylic acids is 1. The van der Waals surface area contributed by atoms with Gasteiger partial charge in [0, 0.05) is 17.3 Å². The summed E-state index contributed by atoms with van der Waals surface area (Å²) in [6.07, 6.45) is 0. The second-order valence-electron chi connectivity index (χ2n) is 7.42. The summed E-state index contributed by atoms with van der Waals surface area (Å²) < 4.78 is 5.06. The molecule has 1 atom stereocenters. The van der Waals surface area contributed by atoms with Gasteiger partial charge >= 0.3 is 12.0 Å². The molecule has 0 saturated heterocycles. The Bertz CT molecular complexity index is 1210. The van der Waals surface area contributed by atoms with Crippen LogP contribution in [0.1, 0.15) is 30.0 Å². The zero-order chi connectivity index (χ0) is 24.0. The molecule has 1 heterocycles. The van der Waals surface area contributed by atoms with Gasteiger partial charge in [0.05, 0.1) is 11.3 Å². The summed E-state index contributed by atoms with van der Waals surface area (Å²) in [5.41, 5.74) is 2.23. The third-order valence-electron chi connectivity index (χ3n) is 4.69. The van der Waals surface area contributed by atoms with Gasteiger partial charge in [-0.2, -0.15) is 5.26 Å². The Labute approximate surface area is 189 Å². The number of aromatic nitrogens is 1. The first-order valence-electron chi connectivity index (χ1n) is 9.96. The minimum absolute atomic E-state index is 0.116. The van der Waals surface area contributed by atoms with Gasteiger partial charge in [0.15, 0.2) is 0 Å². The van der Waals surface area contributed by atoms with Crippen molar-refractivity contribution >= 4 is 29.3 Å². The number of carbonyl (C=O) groups is 3. The molecule has 1 unspecified atom stereocenters. The van der Waals surface area contributed by atoms with Gasteiger partial charge in [-0.1, -0.05) is 43.3 Å². The Morgan fingerprint density at radius 2 is 1.76 bits per heavy atom. The van der Waals surface area contributed by atoms with Crippen LogP contribution < -0.4 is 16.0 Å². The number of urea groups is 1. The number of carboxylic acids is 1. The highest BCUT2D eigenvalue weighted by Gasteiger charge is 2.25. The molecular formula is C23H21N5O5. The summed E-state index contributed by atoms with van der Waals surface area (Å²) in [5.74, 6) is -2.24. The van der Waals surface area contributed by atoms with Crippen LogP contribution in [-0.2, 0) is 4.79 Å². The van der Waals surface area contributed by atoms with Gasteiger partial charge in [-0.15, -0.1) is 0 Å². The molecule has 2 aromatic carbocycles. The number of nitrogens with one attached hydrogen (secondary N) is 3. The van der Waals surface area contributed by atoms with E-state index in [-0.39, 0.29) is 11.7 Å². The quantitative estimate of drug-likeness (QED) is 0.430. The molecule has 3 amide bonds. The number of hydrogen-bond acceptors (Lipinski definition) is 6. The van der Waals surface area contributed by atoms with Gasteiger partial charge in [0.25, 0.3) is 5.91 Å². The van der Waals surface area contributed by atoms with Crippen molar-refractivity contribution in [3.8, 4) is 17.3 Å². The average Bonchev–Trinajstić information content (AvgIpc) is 3.28. The van der Waals surface area contributed by atoms with Crippen LogP contribution in [0.25, 0.3) is 11.3 Å². The standard InChI is InChI=1S/C23H21N5O5/c1-13(2)20(22(30)31)27-21(29)19-11-18(28-33-19)14-7-9-16(10-8-14)25-23(32)26-17-6-4-3-5-15(17)12-24/h3-11,13,20H,1-2H3,(H,27,29)(H,30,31)(H2,25,26,32). The Hall–Kier alpha value is -4.65. The maximum absolute atomic E-state index is 12.3. The molecule has 0 aliphatic rings. The normalized spacial score (nSPS) is 11.3. The lowest BCUT2D eigenvalue weighted by molar-refractivity contribution is -0.140. The van der Waals surface area contributed by atoms with E-state index in [4.69, 9.17) is 9.78 Å². The topological polar surface area (TPSA) is 157 Å². The largest absolute Gasteiger partial charge is 0.480 e. The fourth-order valence-corrected chi connectivity index (χ4v) is 2.94. The van der Waals surface area contributed by atoms with Crippen LogP contribution in [0, 0.1) is 17.2 Å². The Balaban J connectivity index is 1.64. The number of benzene rings is 2. The summed E-state index contributed by atoms with van der Waals surface area (Å²) in [5, 5.41) is 29.9. The molecule has 33 heavy (non-hydrogen) atoms. The molecule has 0 saturated carbocycles. The van der Waals surface area contributed by atoms with Gasteiger partial charge in [-0.3, -0.25) is 4.79 Å². The molecule has 4 N–H and O–H groups in total. The maximum atomic E-state index is 12.3. The Kier molecular flexibility index (Phi) is 7.05. The molecule has 3 aromatic rings. The van der Waals surface area contributed by atoms with Crippen LogP contribution in [0.5, 0.6) is 0 Å². The van der Waals surface area contributed by atoms with E-state index in [1.807, 2.05) is 6.07 Å². The Morgan fingerprint density at radius 3 is 2.39 bits per heavy atom. The first kappa shape index (κ1) is 23.0. The number of para-hydroxylation sites is 1. The van der Waals surface area contributed by atoms with Crippen LogP contribution >= 0.6 is 0 Å². The van der Waals surface area contributed by atoms with Crippen LogP contribution in [0.3, 0.4) is 0 Å². The molecule has 0 fully saturated rings. The van der Waals surface area contributed by atoms with E-state index in [1.54, 1.807) is 62.4 Å². The van der Waals surface area contributed by atoms with Crippen molar-refractivity contribution < 1.29 is 24.0 Å². The van der Waals surface area contributed by atoms with Crippen molar-refractivity contribution in [2.45, 2.75) is 19.9 Å². The van der Waals surface area contributed by atoms with Crippen molar-refractivity contribution in [3.05, 3.63) is 65.9 Å². The number of nitriles is 1. The van der Waals surface area contributed by atoms with E-state index < -0.39 is 23.9 Å². The number of carboxylic acid groups (broad SMARTS) is 1. The summed E-state index contributed by atoms with van der Waals surface area (Å²) in [7, 11) is 0. The van der Waals surface area contributed by atoms with Crippen LogP contribution in [-0.4, -0.2) is 34.2 Å². The van der Waals surface area contributed by atoms with Crippen LogP contribution in [0.4, 0.5) is 16.2 Å². The molecule has 1 aromatic heterocycles. The highest BCUT2D eigenvalue weighted by molar-refractivity contribution is 6.00. The monoisotopic (exact) mass is 447 g/mol. The molecule has 0 spiro atoms. The lowest BCUT2D eigenvalue weighted by Crippen LogP contribution is -2.44. The molecule has 0 aliphatic heterocycles. The summed E-state index contributed by atoms with van der Waals surface area (Å²) in [6.45, 7) is 3.37. The zero-order valence-electron chi connectivity index (χ0n) is 17.8. The predicted octanol–water partition coefficient (Wildman–Crippen LogP) is 3.70. The van der Waals surface area contributed by atoms with Crippen LogP contribution in [0.2, 0.25) is 0 Å². The van der Waals surface area contributed by atoms with Crippen molar-refractivity contribution in [3.63, 3.8) is 0 Å². The van der Waals surface area contributed by atoms with Crippen molar-refractivity contribution in [2.75, 3.05) is 10.6 Å². The minimum Gasteiger partial charge on any atom is -0.480 e. The molecule has 0 bridgehead atoms. The van der Waals surface area contributed by atoms with Gasteiger partial charge in [0.1, 0.15) is 17.8 Å². The van der Waals surface area contributed by atoms with E-state index in [1.165, 1.54) is 6.07 Å². The molecular weight excluding hydrogens is 426 g/mol. The van der Waals surface area contributed by atoms with Crippen LogP contribution in [0.15, 0.2) is 59.1 Å². The first-order chi connectivity index (χ1) is 15.8. The Morgan fingerprint density at radius 1 is 1.06 bits per heavy atom. The van der Waals surface area contributed by atoms with Crippen molar-refractivity contribution in [2.24, 2.45) is 5.92 Å². The number of amides is 3. The van der Waals surface area contributed by atoms with Gasteiger partial charge in [-0.05, 0) is 30.2 Å². The lowest BCUT2D eigenvalue weighted by atomic mass is 10.0. The SMILES string of the molecule is CC(C)C(NC(=O)c1cc(-c2ccc(NC(=O)Nc3ccccc3C#N)cc2)no1)C(=O)O. The van der Waals surface area contributed by atoms with Gasteiger partial charge in [0.2, 0.25) is 5.76 Å². The molecule has 168 valence electrons. The lowest BCUT2D eigenvalue weighted by Gasteiger charge is -2.16.